The first kappa shape index (κ1) is 16.0. The summed E-state index contributed by atoms with van der Waals surface area (Å²) < 4.78 is 12.1. The Kier molecular flexibility index (Phi) is 5.76. The van der Waals surface area contributed by atoms with Crippen LogP contribution in [0.1, 0.15) is 36.7 Å². The van der Waals surface area contributed by atoms with Crippen molar-refractivity contribution in [2.75, 3.05) is 6.54 Å². The van der Waals surface area contributed by atoms with Crippen molar-refractivity contribution in [1.29, 1.82) is 0 Å². The van der Waals surface area contributed by atoms with E-state index in [1.165, 1.54) is 0 Å². The summed E-state index contributed by atoms with van der Waals surface area (Å²) in [7, 11) is 0. The van der Waals surface area contributed by atoms with Crippen LogP contribution in [0.25, 0.3) is 0 Å². The van der Waals surface area contributed by atoms with Gasteiger partial charge in [-0.3, -0.25) is 0 Å². The van der Waals surface area contributed by atoms with Crippen molar-refractivity contribution < 1.29 is 9.26 Å². The molecule has 1 aromatic carbocycles. The van der Waals surface area contributed by atoms with Gasteiger partial charge in [-0.15, -0.1) is 0 Å². The van der Waals surface area contributed by atoms with E-state index in [-0.39, 0.29) is 6.61 Å². The van der Waals surface area contributed by atoms with E-state index >= 15 is 0 Å². The van der Waals surface area contributed by atoms with Gasteiger partial charge in [0.05, 0.1) is 0 Å². The van der Waals surface area contributed by atoms with Crippen LogP contribution in [0, 0.1) is 6.92 Å². The lowest BCUT2D eigenvalue weighted by molar-refractivity contribution is 0.239. The molecule has 114 valence electrons. The monoisotopic (exact) mass is 353 g/mol. The van der Waals surface area contributed by atoms with Crippen molar-refractivity contribution in [2.24, 2.45) is 0 Å². The molecule has 0 aliphatic rings. The third-order valence-electron chi connectivity index (χ3n) is 3.05. The third kappa shape index (κ3) is 4.28. The van der Waals surface area contributed by atoms with E-state index in [9.17, 15) is 0 Å². The molecule has 5 nitrogen and oxygen atoms in total. The standard InChI is InChI=1S/C15H20BrN3O2/c1-4-13-18-14(21-19-13)9-20-15-10(3)6-12(16)7-11(15)8-17-5-2/h6-7,17H,4-5,8-9H2,1-3H3. The molecular formula is C15H20BrN3O2. The molecule has 21 heavy (non-hydrogen) atoms. The quantitative estimate of drug-likeness (QED) is 0.826. The number of nitrogens with zero attached hydrogens (tertiary/aromatic N) is 2. The largest absolute Gasteiger partial charge is 0.483 e. The van der Waals surface area contributed by atoms with E-state index in [4.69, 9.17) is 9.26 Å². The maximum absolute atomic E-state index is 5.91. The van der Waals surface area contributed by atoms with Crippen LogP contribution < -0.4 is 10.1 Å². The highest BCUT2D eigenvalue weighted by Gasteiger charge is 2.11. The second-order valence-corrected chi connectivity index (χ2v) is 5.65. The SMILES string of the molecule is CCNCc1cc(Br)cc(C)c1OCc1nc(CC)no1. The predicted molar refractivity (Wildman–Crippen MR) is 84.3 cm³/mol. The Bertz CT molecular complexity index is 599. The molecule has 0 unspecified atom stereocenters. The predicted octanol–water partition coefficient (Wildman–Crippen LogP) is 3.39. The smallest absolute Gasteiger partial charge is 0.264 e. The Morgan fingerprint density at radius 2 is 2.14 bits per heavy atom. The lowest BCUT2D eigenvalue weighted by Crippen LogP contribution is -2.13. The summed E-state index contributed by atoms with van der Waals surface area (Å²) in [5.74, 6) is 2.08. The minimum Gasteiger partial charge on any atom is -0.483 e. The van der Waals surface area contributed by atoms with Crippen molar-refractivity contribution in [3.63, 3.8) is 0 Å². The Hall–Kier alpha value is -1.40. The van der Waals surface area contributed by atoms with Gasteiger partial charge < -0.3 is 14.6 Å². The van der Waals surface area contributed by atoms with Gasteiger partial charge in [-0.05, 0) is 31.2 Å². The van der Waals surface area contributed by atoms with Crippen molar-refractivity contribution in [1.82, 2.24) is 15.5 Å². The van der Waals surface area contributed by atoms with Crippen molar-refractivity contribution >= 4 is 15.9 Å². The van der Waals surface area contributed by atoms with Crippen LogP contribution >= 0.6 is 15.9 Å². The fraction of sp³-hybridized carbons (Fsp3) is 0.467. The summed E-state index contributed by atoms with van der Waals surface area (Å²) in [6, 6.07) is 4.10. The number of benzene rings is 1. The van der Waals surface area contributed by atoms with Gasteiger partial charge in [0.15, 0.2) is 12.4 Å². The summed E-state index contributed by atoms with van der Waals surface area (Å²) in [5.41, 5.74) is 2.19. The van der Waals surface area contributed by atoms with Crippen LogP contribution in [0.15, 0.2) is 21.1 Å². The van der Waals surface area contributed by atoms with E-state index in [1.54, 1.807) is 0 Å². The number of aryl methyl sites for hydroxylation is 2. The highest BCUT2D eigenvalue weighted by Crippen LogP contribution is 2.28. The van der Waals surface area contributed by atoms with Gasteiger partial charge in [0.1, 0.15) is 5.75 Å². The fourth-order valence-electron chi connectivity index (χ4n) is 2.02. The molecule has 0 atom stereocenters. The van der Waals surface area contributed by atoms with Gasteiger partial charge in [0, 0.05) is 23.0 Å². The normalized spacial score (nSPS) is 10.9. The van der Waals surface area contributed by atoms with Gasteiger partial charge in [0.25, 0.3) is 5.89 Å². The first-order valence-electron chi connectivity index (χ1n) is 7.08. The van der Waals surface area contributed by atoms with Crippen LogP contribution in [0.5, 0.6) is 5.75 Å². The Morgan fingerprint density at radius 3 is 2.81 bits per heavy atom. The van der Waals surface area contributed by atoms with Gasteiger partial charge >= 0.3 is 0 Å². The van der Waals surface area contributed by atoms with Crippen molar-refractivity contribution in [3.05, 3.63) is 39.4 Å². The molecule has 6 heteroatoms. The molecule has 2 rings (SSSR count). The molecule has 1 N–H and O–H groups in total. The van der Waals surface area contributed by atoms with Crippen LogP contribution in [0.3, 0.4) is 0 Å². The van der Waals surface area contributed by atoms with E-state index in [1.807, 2.05) is 19.9 Å². The Labute approximate surface area is 133 Å². The molecule has 0 aliphatic carbocycles. The number of ether oxygens (including phenoxy) is 1. The number of hydrogen-bond donors (Lipinski definition) is 1. The highest BCUT2D eigenvalue weighted by molar-refractivity contribution is 9.10. The molecule has 0 saturated carbocycles. The number of hydrogen-bond acceptors (Lipinski definition) is 5. The molecule has 1 heterocycles. The molecule has 0 radical (unpaired) electrons. The first-order chi connectivity index (χ1) is 10.1. The lowest BCUT2D eigenvalue weighted by Gasteiger charge is -2.14. The molecule has 0 saturated heterocycles. The van der Waals surface area contributed by atoms with Crippen molar-refractivity contribution in [2.45, 2.75) is 40.3 Å². The second kappa shape index (κ2) is 7.56. The van der Waals surface area contributed by atoms with Crippen LogP contribution in [-0.4, -0.2) is 16.7 Å². The molecular weight excluding hydrogens is 334 g/mol. The zero-order valence-corrected chi connectivity index (χ0v) is 14.2. The average molecular weight is 354 g/mol. The fourth-order valence-corrected chi connectivity index (χ4v) is 2.64. The lowest BCUT2D eigenvalue weighted by atomic mass is 10.1. The maximum Gasteiger partial charge on any atom is 0.264 e. The van der Waals surface area contributed by atoms with E-state index in [0.29, 0.717) is 11.7 Å². The summed E-state index contributed by atoms with van der Waals surface area (Å²) in [5, 5.41) is 7.19. The van der Waals surface area contributed by atoms with Crippen molar-refractivity contribution in [3.8, 4) is 5.75 Å². The minimum absolute atomic E-state index is 0.286. The van der Waals surface area contributed by atoms with Crippen LogP contribution in [0.2, 0.25) is 0 Å². The molecule has 0 aliphatic heterocycles. The molecule has 0 fully saturated rings. The summed E-state index contributed by atoms with van der Waals surface area (Å²) in [6.45, 7) is 8.05. The highest BCUT2D eigenvalue weighted by atomic mass is 79.9. The van der Waals surface area contributed by atoms with Gasteiger partial charge in [-0.25, -0.2) is 0 Å². The van der Waals surface area contributed by atoms with Crippen LogP contribution in [-0.2, 0) is 19.6 Å². The summed E-state index contributed by atoms with van der Waals surface area (Å²) >= 11 is 3.52. The molecule has 2 aromatic rings. The number of rotatable bonds is 7. The molecule has 0 spiro atoms. The Morgan fingerprint density at radius 1 is 1.33 bits per heavy atom. The van der Waals surface area contributed by atoms with Gasteiger partial charge in [-0.1, -0.05) is 34.9 Å². The number of halogens is 1. The zero-order chi connectivity index (χ0) is 15.2. The average Bonchev–Trinajstić information content (AvgIpc) is 2.91. The van der Waals surface area contributed by atoms with Crippen LogP contribution in [0.4, 0.5) is 0 Å². The number of nitrogens with one attached hydrogen (secondary N) is 1. The molecule has 0 amide bonds. The number of aromatic nitrogens is 2. The first-order valence-corrected chi connectivity index (χ1v) is 7.87. The second-order valence-electron chi connectivity index (χ2n) is 4.74. The third-order valence-corrected chi connectivity index (χ3v) is 3.51. The van der Waals surface area contributed by atoms with Gasteiger partial charge in [0.2, 0.25) is 0 Å². The summed E-state index contributed by atoms with van der Waals surface area (Å²) in [4.78, 5) is 4.26. The van der Waals surface area contributed by atoms with E-state index in [2.05, 4.69) is 44.4 Å². The topological polar surface area (TPSA) is 60.2 Å². The molecule has 0 bridgehead atoms. The maximum atomic E-state index is 5.91. The van der Waals surface area contributed by atoms with Gasteiger partial charge in [-0.2, -0.15) is 4.98 Å². The van der Waals surface area contributed by atoms with E-state index in [0.717, 1.165) is 40.9 Å². The molecule has 1 aromatic heterocycles. The van der Waals surface area contributed by atoms with E-state index < -0.39 is 0 Å². The minimum atomic E-state index is 0.286. The Balaban J connectivity index is 2.13. The zero-order valence-electron chi connectivity index (χ0n) is 12.6. The summed E-state index contributed by atoms with van der Waals surface area (Å²) in [6.07, 6.45) is 0.756.